The molecular formula is C22H21F3N4O2S. The molecule has 0 bridgehead atoms. The summed E-state index contributed by atoms with van der Waals surface area (Å²) in [5.74, 6) is -0.297. The monoisotopic (exact) mass is 462 g/mol. The SMILES string of the molecule is CCc1ccc(N(C(C)=O)c2nc(Cn3nc(C4CC4)cc(C(F)(F)F)c3=O)cs2)cc1. The van der Waals surface area contributed by atoms with Crippen molar-refractivity contribution in [3.63, 3.8) is 0 Å². The van der Waals surface area contributed by atoms with Gasteiger partial charge in [-0.15, -0.1) is 11.3 Å². The van der Waals surface area contributed by atoms with Gasteiger partial charge in [0.05, 0.1) is 23.6 Å². The maximum atomic E-state index is 13.4. The minimum atomic E-state index is -4.76. The van der Waals surface area contributed by atoms with Crippen molar-refractivity contribution >= 4 is 28.1 Å². The van der Waals surface area contributed by atoms with Gasteiger partial charge >= 0.3 is 6.18 Å². The highest BCUT2D eigenvalue weighted by Gasteiger charge is 2.37. The molecule has 0 saturated heterocycles. The number of thiazole rings is 1. The number of aromatic nitrogens is 3. The van der Waals surface area contributed by atoms with Crippen molar-refractivity contribution in [3.05, 3.63) is 68.6 Å². The quantitative estimate of drug-likeness (QED) is 0.523. The van der Waals surface area contributed by atoms with Crippen molar-refractivity contribution in [2.75, 3.05) is 4.90 Å². The lowest BCUT2D eigenvalue weighted by molar-refractivity contribution is -0.139. The standard InChI is InChI=1S/C22H21F3N4O2S/c1-3-14-4-8-17(9-5-14)29(13(2)30)21-26-16(12-32-21)11-28-20(31)18(22(23,24)25)10-19(27-28)15-6-7-15/h4-5,8-10,12,15H,3,6-7,11H2,1-2H3. The van der Waals surface area contributed by atoms with Gasteiger partial charge in [-0.3, -0.25) is 14.5 Å². The molecule has 6 nitrogen and oxygen atoms in total. The van der Waals surface area contributed by atoms with Gasteiger partial charge in [0, 0.05) is 18.2 Å². The molecule has 0 spiro atoms. The van der Waals surface area contributed by atoms with E-state index in [9.17, 15) is 22.8 Å². The maximum Gasteiger partial charge on any atom is 0.421 e. The Morgan fingerprint density at radius 2 is 1.94 bits per heavy atom. The van der Waals surface area contributed by atoms with Crippen LogP contribution in [-0.4, -0.2) is 20.7 Å². The molecule has 4 rings (SSSR count). The van der Waals surface area contributed by atoms with E-state index in [0.29, 0.717) is 16.5 Å². The van der Waals surface area contributed by atoms with Crippen molar-refractivity contribution in [1.29, 1.82) is 0 Å². The largest absolute Gasteiger partial charge is 0.421 e. The summed E-state index contributed by atoms with van der Waals surface area (Å²) in [4.78, 5) is 30.6. The second-order valence-electron chi connectivity index (χ2n) is 7.71. The summed E-state index contributed by atoms with van der Waals surface area (Å²) in [5.41, 5.74) is -0.0216. The number of hydrogen-bond acceptors (Lipinski definition) is 5. The number of carbonyl (C=O) groups excluding carboxylic acids is 1. The fraction of sp³-hybridized carbons (Fsp3) is 0.364. The summed E-state index contributed by atoms with van der Waals surface area (Å²) in [5, 5.41) is 6.15. The first-order valence-electron chi connectivity index (χ1n) is 10.2. The van der Waals surface area contributed by atoms with Crippen molar-refractivity contribution in [1.82, 2.24) is 14.8 Å². The van der Waals surface area contributed by atoms with E-state index in [2.05, 4.69) is 10.1 Å². The summed E-state index contributed by atoms with van der Waals surface area (Å²) in [6, 6.07) is 8.35. The number of carbonyl (C=O) groups is 1. The third-order valence-electron chi connectivity index (χ3n) is 5.25. The molecule has 0 aliphatic heterocycles. The molecule has 0 radical (unpaired) electrons. The Morgan fingerprint density at radius 1 is 1.25 bits per heavy atom. The lowest BCUT2D eigenvalue weighted by Crippen LogP contribution is -2.32. The molecule has 1 amide bonds. The highest BCUT2D eigenvalue weighted by atomic mass is 32.1. The summed E-state index contributed by atoms with van der Waals surface area (Å²) in [6.45, 7) is 3.23. The molecule has 1 aliphatic carbocycles. The number of amides is 1. The van der Waals surface area contributed by atoms with E-state index in [-0.39, 0.29) is 24.1 Å². The van der Waals surface area contributed by atoms with Gasteiger partial charge in [0.2, 0.25) is 5.91 Å². The molecule has 168 valence electrons. The zero-order chi connectivity index (χ0) is 23.0. The van der Waals surface area contributed by atoms with E-state index < -0.39 is 17.3 Å². The van der Waals surface area contributed by atoms with Crippen LogP contribution in [0.4, 0.5) is 24.0 Å². The summed E-state index contributed by atoms with van der Waals surface area (Å²) < 4.78 is 40.9. The predicted octanol–water partition coefficient (Wildman–Crippen LogP) is 4.89. The first-order chi connectivity index (χ1) is 15.2. The van der Waals surface area contributed by atoms with Gasteiger partial charge in [-0.25, -0.2) is 9.67 Å². The van der Waals surface area contributed by atoms with Gasteiger partial charge in [0.1, 0.15) is 5.56 Å². The fourth-order valence-electron chi connectivity index (χ4n) is 3.38. The Morgan fingerprint density at radius 3 is 2.50 bits per heavy atom. The van der Waals surface area contributed by atoms with Crippen LogP contribution in [0.25, 0.3) is 0 Å². The number of nitrogens with zero attached hydrogens (tertiary/aromatic N) is 4. The van der Waals surface area contributed by atoms with E-state index in [1.54, 1.807) is 5.38 Å². The number of alkyl halides is 3. The fourth-order valence-corrected chi connectivity index (χ4v) is 4.26. The van der Waals surface area contributed by atoms with Crippen LogP contribution in [0.3, 0.4) is 0 Å². The zero-order valence-electron chi connectivity index (χ0n) is 17.5. The summed E-state index contributed by atoms with van der Waals surface area (Å²) >= 11 is 1.18. The molecule has 1 aliphatic rings. The van der Waals surface area contributed by atoms with Gasteiger partial charge in [-0.1, -0.05) is 19.1 Å². The lowest BCUT2D eigenvalue weighted by Gasteiger charge is -2.18. The zero-order valence-corrected chi connectivity index (χ0v) is 18.3. The summed E-state index contributed by atoms with van der Waals surface area (Å²) in [6.07, 6.45) is -2.38. The van der Waals surface area contributed by atoms with Crippen LogP contribution >= 0.6 is 11.3 Å². The molecule has 0 N–H and O–H groups in total. The molecule has 32 heavy (non-hydrogen) atoms. The van der Waals surface area contributed by atoms with E-state index in [1.165, 1.54) is 23.2 Å². The number of aryl methyl sites for hydroxylation is 1. The first-order valence-corrected chi connectivity index (χ1v) is 11.1. The minimum Gasteiger partial charge on any atom is -0.274 e. The molecule has 1 fully saturated rings. The second kappa shape index (κ2) is 8.50. The summed E-state index contributed by atoms with van der Waals surface area (Å²) in [7, 11) is 0. The third-order valence-corrected chi connectivity index (χ3v) is 6.13. The molecule has 1 aromatic carbocycles. The van der Waals surface area contributed by atoms with Crippen molar-refractivity contribution in [2.24, 2.45) is 0 Å². The van der Waals surface area contributed by atoms with Gasteiger partial charge < -0.3 is 0 Å². The van der Waals surface area contributed by atoms with Gasteiger partial charge in [-0.05, 0) is 43.0 Å². The Hall–Kier alpha value is -3.01. The lowest BCUT2D eigenvalue weighted by atomic mass is 10.1. The molecule has 0 atom stereocenters. The van der Waals surface area contributed by atoms with E-state index in [1.807, 2.05) is 31.2 Å². The van der Waals surface area contributed by atoms with Crippen LogP contribution < -0.4 is 10.5 Å². The number of anilines is 2. The minimum absolute atomic E-state index is 0.0479. The van der Waals surface area contributed by atoms with Crippen LogP contribution in [0.1, 0.15) is 55.1 Å². The van der Waals surface area contributed by atoms with Gasteiger partial charge in [0.15, 0.2) is 5.13 Å². The predicted molar refractivity (Wildman–Crippen MR) is 115 cm³/mol. The molecule has 1 saturated carbocycles. The van der Waals surface area contributed by atoms with Gasteiger partial charge in [0.25, 0.3) is 5.56 Å². The number of hydrogen-bond donors (Lipinski definition) is 0. The highest BCUT2D eigenvalue weighted by Crippen LogP contribution is 2.40. The second-order valence-corrected chi connectivity index (χ2v) is 8.55. The third kappa shape index (κ3) is 4.59. The number of benzene rings is 1. The molecule has 3 aromatic rings. The molecule has 2 aromatic heterocycles. The van der Waals surface area contributed by atoms with E-state index in [0.717, 1.165) is 35.6 Å². The number of halogens is 3. The maximum absolute atomic E-state index is 13.4. The Bertz CT molecular complexity index is 1200. The van der Waals surface area contributed by atoms with Crippen LogP contribution in [0.15, 0.2) is 40.5 Å². The smallest absolute Gasteiger partial charge is 0.274 e. The highest BCUT2D eigenvalue weighted by molar-refractivity contribution is 7.14. The van der Waals surface area contributed by atoms with Crippen molar-refractivity contribution < 1.29 is 18.0 Å². The first kappa shape index (κ1) is 22.2. The van der Waals surface area contributed by atoms with E-state index in [4.69, 9.17) is 0 Å². The van der Waals surface area contributed by atoms with E-state index >= 15 is 0 Å². The van der Waals surface area contributed by atoms with Crippen LogP contribution in [-0.2, 0) is 23.9 Å². The van der Waals surface area contributed by atoms with Crippen LogP contribution in [0, 0.1) is 0 Å². The molecule has 10 heteroatoms. The topological polar surface area (TPSA) is 68.1 Å². The average molecular weight is 462 g/mol. The van der Waals surface area contributed by atoms with Crippen LogP contribution in [0.5, 0.6) is 0 Å². The molecule has 2 heterocycles. The number of rotatable bonds is 6. The Labute approximate surface area is 186 Å². The van der Waals surface area contributed by atoms with Crippen molar-refractivity contribution in [3.8, 4) is 0 Å². The molecular weight excluding hydrogens is 441 g/mol. The normalized spacial score (nSPS) is 13.9. The Balaban J connectivity index is 1.66. The average Bonchev–Trinajstić information content (AvgIpc) is 3.49. The molecule has 0 unspecified atom stereocenters. The van der Waals surface area contributed by atoms with Crippen molar-refractivity contribution in [2.45, 2.75) is 51.7 Å². The Kier molecular flexibility index (Phi) is 5.89. The van der Waals surface area contributed by atoms with Gasteiger partial charge in [-0.2, -0.15) is 18.3 Å². The van der Waals surface area contributed by atoms with Crippen LogP contribution in [0.2, 0.25) is 0 Å².